The van der Waals surface area contributed by atoms with Gasteiger partial charge in [0.15, 0.2) is 0 Å². The number of hydrogen-bond acceptors (Lipinski definition) is 3. The predicted molar refractivity (Wildman–Crippen MR) is 118 cm³/mol. The summed E-state index contributed by atoms with van der Waals surface area (Å²) in [6.07, 6.45) is 1.68. The van der Waals surface area contributed by atoms with Crippen molar-refractivity contribution in [2.24, 2.45) is 5.92 Å². The van der Waals surface area contributed by atoms with Crippen LogP contribution >= 0.6 is 11.6 Å². The molecule has 152 valence electrons. The number of amides is 1. The average Bonchev–Trinajstić information content (AvgIpc) is 2.70. The van der Waals surface area contributed by atoms with Crippen molar-refractivity contribution < 1.29 is 9.90 Å². The van der Waals surface area contributed by atoms with Crippen molar-refractivity contribution >= 4 is 34.0 Å². The van der Waals surface area contributed by atoms with Crippen LogP contribution in [0.3, 0.4) is 0 Å². The highest BCUT2D eigenvalue weighted by molar-refractivity contribution is 6.30. The standard InChI is InChI=1S/C23H25ClN2O3/c1-14(2)21(13-27)26-12-11-18-19(23(26)29)5-4-6-20(18)25-22(28)15(3)16-7-9-17(24)10-8-16/h4-12,14-15,21,27H,13H2,1-3H3,(H,25,28)/t15-,21?/m0/s1. The lowest BCUT2D eigenvalue weighted by Crippen LogP contribution is -2.30. The molecule has 2 N–H and O–H groups in total. The second-order valence-corrected chi connectivity index (χ2v) is 7.99. The SMILES string of the molecule is CC(C)C(CO)n1ccc2c(NC(=O)[C@@H](C)c3ccc(Cl)cc3)cccc2c1=O. The maximum atomic E-state index is 13.0. The number of aromatic nitrogens is 1. The summed E-state index contributed by atoms with van der Waals surface area (Å²) in [7, 11) is 0. The van der Waals surface area contributed by atoms with Crippen LogP contribution in [0, 0.1) is 5.92 Å². The molecule has 0 spiro atoms. The molecule has 0 saturated carbocycles. The molecule has 29 heavy (non-hydrogen) atoms. The summed E-state index contributed by atoms with van der Waals surface area (Å²) < 4.78 is 1.56. The quantitative estimate of drug-likeness (QED) is 0.622. The maximum Gasteiger partial charge on any atom is 0.258 e. The molecule has 0 radical (unpaired) electrons. The van der Waals surface area contributed by atoms with Gasteiger partial charge in [0, 0.05) is 27.7 Å². The summed E-state index contributed by atoms with van der Waals surface area (Å²) in [5, 5.41) is 14.4. The van der Waals surface area contributed by atoms with Crippen LogP contribution in [0.1, 0.15) is 38.3 Å². The van der Waals surface area contributed by atoms with Crippen LogP contribution in [-0.4, -0.2) is 22.2 Å². The Morgan fingerprint density at radius 3 is 2.38 bits per heavy atom. The second-order valence-electron chi connectivity index (χ2n) is 7.55. The van der Waals surface area contributed by atoms with Gasteiger partial charge in [-0.2, -0.15) is 0 Å². The molecule has 3 aromatic rings. The molecule has 2 atom stereocenters. The Balaban J connectivity index is 1.94. The van der Waals surface area contributed by atoms with E-state index in [2.05, 4.69) is 5.32 Å². The number of anilines is 1. The minimum Gasteiger partial charge on any atom is -0.394 e. The molecule has 5 nitrogen and oxygen atoms in total. The Hall–Kier alpha value is -2.63. The van der Waals surface area contributed by atoms with Crippen LogP contribution < -0.4 is 10.9 Å². The summed E-state index contributed by atoms with van der Waals surface area (Å²) in [6.45, 7) is 5.64. The highest BCUT2D eigenvalue weighted by Crippen LogP contribution is 2.25. The van der Waals surface area contributed by atoms with E-state index in [1.54, 1.807) is 41.1 Å². The van der Waals surface area contributed by atoms with Gasteiger partial charge in [0.1, 0.15) is 0 Å². The van der Waals surface area contributed by atoms with Crippen molar-refractivity contribution in [3.05, 3.63) is 75.7 Å². The van der Waals surface area contributed by atoms with Gasteiger partial charge in [0.05, 0.1) is 18.6 Å². The van der Waals surface area contributed by atoms with Gasteiger partial charge in [0.25, 0.3) is 5.56 Å². The number of rotatable bonds is 6. The van der Waals surface area contributed by atoms with Crippen LogP contribution in [0.15, 0.2) is 59.5 Å². The first-order valence-corrected chi connectivity index (χ1v) is 10.0. The van der Waals surface area contributed by atoms with Crippen LogP contribution in [0.2, 0.25) is 5.02 Å². The number of carbonyl (C=O) groups excluding carboxylic acids is 1. The molecule has 1 heterocycles. The van der Waals surface area contributed by atoms with E-state index in [0.29, 0.717) is 21.5 Å². The van der Waals surface area contributed by atoms with E-state index in [4.69, 9.17) is 11.6 Å². The number of halogens is 1. The third-order valence-electron chi connectivity index (χ3n) is 5.31. The van der Waals surface area contributed by atoms with Crippen LogP contribution in [0.5, 0.6) is 0 Å². The number of carbonyl (C=O) groups is 1. The predicted octanol–water partition coefficient (Wildman–Crippen LogP) is 4.59. The molecular weight excluding hydrogens is 388 g/mol. The minimum absolute atomic E-state index is 0.110. The zero-order chi connectivity index (χ0) is 21.1. The molecular formula is C23H25ClN2O3. The zero-order valence-corrected chi connectivity index (χ0v) is 17.5. The van der Waals surface area contributed by atoms with Crippen molar-refractivity contribution in [3.8, 4) is 0 Å². The molecule has 0 fully saturated rings. The fraction of sp³-hybridized carbons (Fsp3) is 0.304. The largest absolute Gasteiger partial charge is 0.394 e. The third-order valence-corrected chi connectivity index (χ3v) is 5.56. The van der Waals surface area contributed by atoms with E-state index in [1.807, 2.05) is 39.0 Å². The lowest BCUT2D eigenvalue weighted by Gasteiger charge is -2.22. The third kappa shape index (κ3) is 4.36. The number of pyridine rings is 1. The van der Waals surface area contributed by atoms with E-state index < -0.39 is 0 Å². The summed E-state index contributed by atoms with van der Waals surface area (Å²) in [6, 6.07) is 14.0. The van der Waals surface area contributed by atoms with Gasteiger partial charge < -0.3 is 15.0 Å². The molecule has 6 heteroatoms. The normalized spacial score (nSPS) is 13.4. The molecule has 1 amide bonds. The van der Waals surface area contributed by atoms with E-state index in [9.17, 15) is 14.7 Å². The molecule has 2 aromatic carbocycles. The van der Waals surface area contributed by atoms with Crippen LogP contribution in [0.4, 0.5) is 5.69 Å². The monoisotopic (exact) mass is 412 g/mol. The lowest BCUT2D eigenvalue weighted by molar-refractivity contribution is -0.117. The first kappa shape index (κ1) is 21.1. The van der Waals surface area contributed by atoms with Gasteiger partial charge in [-0.3, -0.25) is 9.59 Å². The molecule has 3 rings (SSSR count). The van der Waals surface area contributed by atoms with E-state index in [0.717, 1.165) is 5.56 Å². The molecule has 0 saturated heterocycles. The van der Waals surface area contributed by atoms with Crippen molar-refractivity contribution in [1.29, 1.82) is 0 Å². The van der Waals surface area contributed by atoms with Crippen molar-refractivity contribution in [1.82, 2.24) is 4.57 Å². The topological polar surface area (TPSA) is 71.3 Å². The van der Waals surface area contributed by atoms with Gasteiger partial charge in [0.2, 0.25) is 5.91 Å². The van der Waals surface area contributed by atoms with E-state index in [-0.39, 0.29) is 36.0 Å². The number of aliphatic hydroxyl groups excluding tert-OH is 1. The summed E-state index contributed by atoms with van der Waals surface area (Å²) >= 11 is 5.92. The Morgan fingerprint density at radius 1 is 1.07 bits per heavy atom. The molecule has 1 unspecified atom stereocenters. The fourth-order valence-corrected chi connectivity index (χ4v) is 3.55. The van der Waals surface area contributed by atoms with E-state index >= 15 is 0 Å². The molecule has 0 aliphatic rings. The summed E-state index contributed by atoms with van der Waals surface area (Å²) in [5.74, 6) is -0.430. The first-order chi connectivity index (χ1) is 13.8. The molecule has 0 aliphatic carbocycles. The number of nitrogens with one attached hydrogen (secondary N) is 1. The summed E-state index contributed by atoms with van der Waals surface area (Å²) in [5.41, 5.74) is 1.26. The van der Waals surface area contributed by atoms with Crippen LogP contribution in [0.25, 0.3) is 10.8 Å². The van der Waals surface area contributed by atoms with Crippen molar-refractivity contribution in [3.63, 3.8) is 0 Å². The number of aliphatic hydroxyl groups is 1. The van der Waals surface area contributed by atoms with Crippen LogP contribution in [-0.2, 0) is 4.79 Å². The van der Waals surface area contributed by atoms with Gasteiger partial charge in [-0.25, -0.2) is 0 Å². The second kappa shape index (κ2) is 8.80. The number of benzene rings is 2. The molecule has 0 aliphatic heterocycles. The Bertz CT molecular complexity index is 1070. The first-order valence-electron chi connectivity index (χ1n) is 9.64. The Kier molecular flexibility index (Phi) is 6.40. The van der Waals surface area contributed by atoms with E-state index in [1.165, 1.54) is 0 Å². The highest BCUT2D eigenvalue weighted by atomic mass is 35.5. The maximum absolute atomic E-state index is 13.0. The zero-order valence-electron chi connectivity index (χ0n) is 16.7. The molecule has 1 aromatic heterocycles. The smallest absolute Gasteiger partial charge is 0.258 e. The van der Waals surface area contributed by atoms with Gasteiger partial charge >= 0.3 is 0 Å². The fourth-order valence-electron chi connectivity index (χ4n) is 3.43. The Labute approximate surface area is 174 Å². The van der Waals surface area contributed by atoms with Crippen molar-refractivity contribution in [2.75, 3.05) is 11.9 Å². The number of hydrogen-bond donors (Lipinski definition) is 2. The highest BCUT2D eigenvalue weighted by Gasteiger charge is 2.19. The average molecular weight is 413 g/mol. The summed E-state index contributed by atoms with van der Waals surface area (Å²) in [4.78, 5) is 25.8. The lowest BCUT2D eigenvalue weighted by atomic mass is 10.00. The van der Waals surface area contributed by atoms with Gasteiger partial charge in [-0.05, 0) is 48.7 Å². The number of fused-ring (bicyclic) bond motifs is 1. The van der Waals surface area contributed by atoms with Gasteiger partial charge in [-0.1, -0.05) is 43.6 Å². The minimum atomic E-state index is -0.373. The number of nitrogens with zero attached hydrogens (tertiary/aromatic N) is 1. The van der Waals surface area contributed by atoms with Crippen molar-refractivity contribution in [2.45, 2.75) is 32.7 Å². The molecule has 0 bridgehead atoms. The van der Waals surface area contributed by atoms with Gasteiger partial charge in [-0.15, -0.1) is 0 Å². The Morgan fingerprint density at radius 2 is 1.76 bits per heavy atom.